The van der Waals surface area contributed by atoms with E-state index in [1.807, 2.05) is 32.9 Å². The zero-order valence-electron chi connectivity index (χ0n) is 15.1. The molecule has 0 aliphatic heterocycles. The van der Waals surface area contributed by atoms with E-state index in [1.54, 1.807) is 18.3 Å². The number of carbonyl (C=O) groups is 1. The molecule has 0 unspecified atom stereocenters. The van der Waals surface area contributed by atoms with Crippen LogP contribution in [0.25, 0.3) is 11.3 Å². The Morgan fingerprint density at radius 1 is 1.12 bits per heavy atom. The second-order valence-electron chi connectivity index (χ2n) is 6.45. The lowest BCUT2D eigenvalue weighted by atomic mass is 10.0. The fourth-order valence-electron chi connectivity index (χ4n) is 2.97. The van der Waals surface area contributed by atoms with Gasteiger partial charge in [0.05, 0.1) is 6.20 Å². The van der Waals surface area contributed by atoms with Crippen LogP contribution in [-0.2, 0) is 11.2 Å². The molecule has 134 valence electrons. The predicted molar refractivity (Wildman–Crippen MR) is 105 cm³/mol. The number of rotatable bonds is 5. The highest BCUT2D eigenvalue weighted by molar-refractivity contribution is 6.30. The number of anilines is 1. The van der Waals surface area contributed by atoms with Crippen LogP contribution in [0.3, 0.4) is 0 Å². The number of oxazole rings is 1. The molecular weight excluding hydrogens is 348 g/mol. The molecule has 5 heteroatoms. The maximum atomic E-state index is 12.3. The molecule has 0 fully saturated rings. The Labute approximate surface area is 158 Å². The SMILES string of the molecule is Cc1cc(C)c(NC(=O)CCc2ncc(-c3ccc(Cl)cc3)o2)c(C)c1. The number of nitrogens with zero attached hydrogens (tertiary/aromatic N) is 1. The first-order valence-electron chi connectivity index (χ1n) is 8.51. The largest absolute Gasteiger partial charge is 0.441 e. The van der Waals surface area contributed by atoms with Gasteiger partial charge in [0, 0.05) is 29.1 Å². The normalized spacial score (nSPS) is 10.8. The fourth-order valence-corrected chi connectivity index (χ4v) is 3.10. The topological polar surface area (TPSA) is 55.1 Å². The fraction of sp³-hybridized carbons (Fsp3) is 0.238. The Kier molecular flexibility index (Phi) is 5.43. The van der Waals surface area contributed by atoms with E-state index < -0.39 is 0 Å². The van der Waals surface area contributed by atoms with Gasteiger partial charge in [-0.1, -0.05) is 29.3 Å². The van der Waals surface area contributed by atoms with E-state index in [1.165, 1.54) is 5.56 Å². The van der Waals surface area contributed by atoms with Crippen LogP contribution in [0.1, 0.15) is 29.0 Å². The predicted octanol–water partition coefficient (Wildman–Crippen LogP) is 5.49. The monoisotopic (exact) mass is 368 g/mol. The second kappa shape index (κ2) is 7.75. The molecular formula is C21H21ClN2O2. The quantitative estimate of drug-likeness (QED) is 0.647. The lowest BCUT2D eigenvalue weighted by molar-refractivity contribution is -0.116. The molecule has 3 aromatic rings. The van der Waals surface area contributed by atoms with Crippen LogP contribution in [0, 0.1) is 20.8 Å². The first-order chi connectivity index (χ1) is 12.4. The van der Waals surface area contributed by atoms with E-state index >= 15 is 0 Å². The van der Waals surface area contributed by atoms with Gasteiger partial charge in [0.15, 0.2) is 11.7 Å². The minimum Gasteiger partial charge on any atom is -0.441 e. The zero-order chi connectivity index (χ0) is 18.7. The van der Waals surface area contributed by atoms with Crippen LogP contribution in [0.5, 0.6) is 0 Å². The number of benzene rings is 2. The highest BCUT2D eigenvalue weighted by atomic mass is 35.5. The Morgan fingerprint density at radius 3 is 2.42 bits per heavy atom. The van der Waals surface area contributed by atoms with Crippen LogP contribution >= 0.6 is 11.6 Å². The Hall–Kier alpha value is -2.59. The highest BCUT2D eigenvalue weighted by Crippen LogP contribution is 2.24. The summed E-state index contributed by atoms with van der Waals surface area (Å²) in [7, 11) is 0. The van der Waals surface area contributed by atoms with Gasteiger partial charge in [-0.05, 0) is 56.2 Å². The molecule has 0 saturated carbocycles. The average Bonchev–Trinajstić information content (AvgIpc) is 3.06. The molecule has 0 aliphatic carbocycles. The first-order valence-corrected chi connectivity index (χ1v) is 8.88. The molecule has 0 atom stereocenters. The summed E-state index contributed by atoms with van der Waals surface area (Å²) < 4.78 is 5.74. The van der Waals surface area contributed by atoms with Gasteiger partial charge in [0.1, 0.15) is 0 Å². The van der Waals surface area contributed by atoms with Crippen molar-refractivity contribution < 1.29 is 9.21 Å². The molecule has 2 aromatic carbocycles. The van der Waals surface area contributed by atoms with E-state index in [9.17, 15) is 4.79 Å². The lowest BCUT2D eigenvalue weighted by Gasteiger charge is -2.12. The molecule has 4 nitrogen and oxygen atoms in total. The summed E-state index contributed by atoms with van der Waals surface area (Å²) in [6, 6.07) is 11.5. The minimum atomic E-state index is -0.0497. The van der Waals surface area contributed by atoms with E-state index in [-0.39, 0.29) is 5.91 Å². The summed E-state index contributed by atoms with van der Waals surface area (Å²) >= 11 is 5.90. The van der Waals surface area contributed by atoms with E-state index in [0.29, 0.717) is 29.5 Å². The Balaban J connectivity index is 1.61. The first kappa shape index (κ1) is 18.2. The van der Waals surface area contributed by atoms with Gasteiger partial charge in [0.2, 0.25) is 5.91 Å². The molecule has 0 spiro atoms. The number of nitrogens with one attached hydrogen (secondary N) is 1. The van der Waals surface area contributed by atoms with Gasteiger partial charge in [-0.2, -0.15) is 0 Å². The molecule has 0 bridgehead atoms. The second-order valence-corrected chi connectivity index (χ2v) is 6.88. The van der Waals surface area contributed by atoms with Gasteiger partial charge in [0.25, 0.3) is 0 Å². The van der Waals surface area contributed by atoms with Crippen molar-refractivity contribution >= 4 is 23.2 Å². The van der Waals surface area contributed by atoms with E-state index in [0.717, 1.165) is 22.4 Å². The molecule has 0 saturated heterocycles. The molecule has 1 heterocycles. The van der Waals surface area contributed by atoms with Gasteiger partial charge >= 0.3 is 0 Å². The number of aromatic nitrogens is 1. The van der Waals surface area contributed by atoms with Crippen LogP contribution in [0.2, 0.25) is 5.02 Å². The van der Waals surface area contributed by atoms with Crippen molar-refractivity contribution in [3.63, 3.8) is 0 Å². The third-order valence-electron chi connectivity index (χ3n) is 4.19. The summed E-state index contributed by atoms with van der Waals surface area (Å²) in [5, 5.41) is 3.67. The number of halogens is 1. The number of hydrogen-bond acceptors (Lipinski definition) is 3. The van der Waals surface area contributed by atoms with Crippen molar-refractivity contribution in [2.45, 2.75) is 33.6 Å². The van der Waals surface area contributed by atoms with Gasteiger partial charge in [-0.15, -0.1) is 0 Å². The molecule has 0 radical (unpaired) electrons. The van der Waals surface area contributed by atoms with Crippen LogP contribution in [0.15, 0.2) is 47.0 Å². The van der Waals surface area contributed by atoms with Crippen molar-refractivity contribution in [2.24, 2.45) is 0 Å². The van der Waals surface area contributed by atoms with Crippen molar-refractivity contribution in [1.29, 1.82) is 0 Å². The molecule has 1 aromatic heterocycles. The lowest BCUT2D eigenvalue weighted by Crippen LogP contribution is -2.14. The summed E-state index contributed by atoms with van der Waals surface area (Å²) in [6.45, 7) is 6.05. The van der Waals surface area contributed by atoms with Gasteiger partial charge in [-0.25, -0.2) is 4.98 Å². The van der Waals surface area contributed by atoms with Crippen molar-refractivity contribution in [1.82, 2.24) is 4.98 Å². The maximum absolute atomic E-state index is 12.3. The third kappa shape index (κ3) is 4.33. The summed E-state index contributed by atoms with van der Waals surface area (Å²) in [5.41, 5.74) is 5.11. The molecule has 1 N–H and O–H groups in total. The molecule has 3 rings (SSSR count). The van der Waals surface area contributed by atoms with Crippen LogP contribution in [0.4, 0.5) is 5.69 Å². The Morgan fingerprint density at radius 2 is 1.77 bits per heavy atom. The number of hydrogen-bond donors (Lipinski definition) is 1. The van der Waals surface area contributed by atoms with Gasteiger partial charge in [-0.3, -0.25) is 4.79 Å². The minimum absolute atomic E-state index is 0.0497. The standard InChI is InChI=1S/C21H21ClN2O2/c1-13-10-14(2)21(15(3)11-13)24-19(25)8-9-20-23-12-18(26-20)16-4-6-17(22)7-5-16/h4-7,10-12H,8-9H2,1-3H3,(H,24,25). The van der Waals surface area contributed by atoms with E-state index in [2.05, 4.69) is 22.4 Å². The maximum Gasteiger partial charge on any atom is 0.224 e. The highest BCUT2D eigenvalue weighted by Gasteiger charge is 2.11. The van der Waals surface area contributed by atoms with Crippen molar-refractivity contribution in [3.8, 4) is 11.3 Å². The summed E-state index contributed by atoms with van der Waals surface area (Å²) in [5.74, 6) is 1.16. The van der Waals surface area contributed by atoms with Crippen molar-refractivity contribution in [3.05, 3.63) is 70.2 Å². The number of aryl methyl sites for hydroxylation is 4. The Bertz CT molecular complexity index is 906. The van der Waals surface area contributed by atoms with Crippen LogP contribution < -0.4 is 5.32 Å². The third-order valence-corrected chi connectivity index (χ3v) is 4.44. The average molecular weight is 369 g/mol. The molecule has 0 aliphatic rings. The van der Waals surface area contributed by atoms with Crippen LogP contribution in [-0.4, -0.2) is 10.9 Å². The number of amides is 1. The number of carbonyl (C=O) groups excluding carboxylic acids is 1. The zero-order valence-corrected chi connectivity index (χ0v) is 15.9. The van der Waals surface area contributed by atoms with Gasteiger partial charge < -0.3 is 9.73 Å². The smallest absolute Gasteiger partial charge is 0.224 e. The summed E-state index contributed by atoms with van der Waals surface area (Å²) in [4.78, 5) is 16.6. The van der Waals surface area contributed by atoms with Crippen molar-refractivity contribution in [2.75, 3.05) is 5.32 Å². The van der Waals surface area contributed by atoms with E-state index in [4.69, 9.17) is 16.0 Å². The molecule has 26 heavy (non-hydrogen) atoms. The summed E-state index contributed by atoms with van der Waals surface area (Å²) in [6.07, 6.45) is 2.43. The molecule has 1 amide bonds.